The smallest absolute Gasteiger partial charge is 0.222 e. The van der Waals surface area contributed by atoms with Crippen LogP contribution in [0.3, 0.4) is 0 Å². The molecule has 0 aliphatic carbocycles. The van der Waals surface area contributed by atoms with Crippen LogP contribution in [0.4, 0.5) is 0 Å². The van der Waals surface area contributed by atoms with Gasteiger partial charge in [0.15, 0.2) is 0 Å². The average molecular weight is 211 g/mol. The molecule has 0 spiro atoms. The first-order valence-corrected chi connectivity index (χ1v) is 5.05. The summed E-state index contributed by atoms with van der Waals surface area (Å²) in [7, 11) is 1.63. The van der Waals surface area contributed by atoms with E-state index < -0.39 is 0 Å². The van der Waals surface area contributed by atoms with Crippen LogP contribution in [0.25, 0.3) is 0 Å². The van der Waals surface area contributed by atoms with Crippen LogP contribution in [0.1, 0.15) is 18.9 Å². The molecule has 0 aliphatic rings. The van der Waals surface area contributed by atoms with Gasteiger partial charge >= 0.3 is 0 Å². The maximum atomic E-state index is 11.6. The molecule has 0 aromatic carbocycles. The van der Waals surface area contributed by atoms with Crippen LogP contribution >= 0.6 is 0 Å². The SMILES string of the molecule is CCC(=O)N(CCOC)Cc1ccoc1. The Kier molecular flexibility index (Phi) is 4.90. The summed E-state index contributed by atoms with van der Waals surface area (Å²) in [6.07, 6.45) is 3.78. The quantitative estimate of drug-likeness (QED) is 0.718. The number of ether oxygens (including phenoxy) is 1. The highest BCUT2D eigenvalue weighted by Gasteiger charge is 2.11. The van der Waals surface area contributed by atoms with E-state index in [0.29, 0.717) is 26.1 Å². The van der Waals surface area contributed by atoms with Crippen molar-refractivity contribution in [1.82, 2.24) is 4.90 Å². The van der Waals surface area contributed by atoms with Gasteiger partial charge < -0.3 is 14.1 Å². The van der Waals surface area contributed by atoms with E-state index in [1.165, 1.54) is 0 Å². The third-order valence-corrected chi connectivity index (χ3v) is 2.17. The fourth-order valence-electron chi connectivity index (χ4n) is 1.32. The molecule has 1 amide bonds. The Morgan fingerprint density at radius 1 is 1.60 bits per heavy atom. The molecule has 1 aromatic heterocycles. The van der Waals surface area contributed by atoms with E-state index >= 15 is 0 Å². The Morgan fingerprint density at radius 3 is 2.93 bits per heavy atom. The van der Waals surface area contributed by atoms with Crippen molar-refractivity contribution in [3.05, 3.63) is 24.2 Å². The van der Waals surface area contributed by atoms with E-state index in [2.05, 4.69) is 0 Å². The molecular formula is C11H17NO3. The molecule has 0 atom stereocenters. The number of rotatable bonds is 6. The summed E-state index contributed by atoms with van der Waals surface area (Å²) in [5.74, 6) is 0.133. The number of carbonyl (C=O) groups excluding carboxylic acids is 1. The van der Waals surface area contributed by atoms with Gasteiger partial charge in [0, 0.05) is 32.2 Å². The van der Waals surface area contributed by atoms with Crippen molar-refractivity contribution in [3.8, 4) is 0 Å². The topological polar surface area (TPSA) is 42.7 Å². The second kappa shape index (κ2) is 6.24. The number of hydrogen-bond donors (Lipinski definition) is 0. The lowest BCUT2D eigenvalue weighted by Gasteiger charge is -2.20. The lowest BCUT2D eigenvalue weighted by Crippen LogP contribution is -2.32. The molecule has 15 heavy (non-hydrogen) atoms. The zero-order valence-electron chi connectivity index (χ0n) is 9.23. The first-order chi connectivity index (χ1) is 7.27. The number of carbonyl (C=O) groups is 1. The fraction of sp³-hybridized carbons (Fsp3) is 0.545. The van der Waals surface area contributed by atoms with Crippen molar-refractivity contribution in [2.45, 2.75) is 19.9 Å². The molecule has 0 aliphatic heterocycles. The summed E-state index contributed by atoms with van der Waals surface area (Å²) in [4.78, 5) is 13.4. The van der Waals surface area contributed by atoms with Crippen LogP contribution in [0.5, 0.6) is 0 Å². The molecule has 4 nitrogen and oxygen atoms in total. The van der Waals surface area contributed by atoms with Gasteiger partial charge in [0.05, 0.1) is 19.1 Å². The standard InChI is InChI=1S/C11H17NO3/c1-3-11(13)12(5-7-14-2)8-10-4-6-15-9-10/h4,6,9H,3,5,7-8H2,1-2H3. The summed E-state index contributed by atoms with van der Waals surface area (Å²) in [5.41, 5.74) is 1.01. The maximum absolute atomic E-state index is 11.6. The Bertz CT molecular complexity index is 282. The molecule has 1 heterocycles. The highest BCUT2D eigenvalue weighted by atomic mass is 16.5. The van der Waals surface area contributed by atoms with Crippen LogP contribution in [0.15, 0.2) is 23.0 Å². The molecule has 84 valence electrons. The summed E-state index contributed by atoms with van der Waals surface area (Å²) >= 11 is 0. The van der Waals surface area contributed by atoms with E-state index in [-0.39, 0.29) is 5.91 Å². The minimum atomic E-state index is 0.133. The van der Waals surface area contributed by atoms with Gasteiger partial charge in [-0.2, -0.15) is 0 Å². The largest absolute Gasteiger partial charge is 0.472 e. The van der Waals surface area contributed by atoms with Crippen molar-refractivity contribution in [1.29, 1.82) is 0 Å². The molecule has 1 aromatic rings. The molecule has 0 saturated heterocycles. The molecule has 0 unspecified atom stereocenters. The lowest BCUT2D eigenvalue weighted by atomic mass is 10.3. The summed E-state index contributed by atoms with van der Waals surface area (Å²) in [6, 6.07) is 1.86. The third kappa shape index (κ3) is 3.75. The number of methoxy groups -OCH3 is 1. The van der Waals surface area contributed by atoms with Crippen molar-refractivity contribution in [2.24, 2.45) is 0 Å². The summed E-state index contributed by atoms with van der Waals surface area (Å²) in [6.45, 7) is 3.63. The van der Waals surface area contributed by atoms with Gasteiger partial charge in [-0.25, -0.2) is 0 Å². The van der Waals surface area contributed by atoms with E-state index in [0.717, 1.165) is 5.56 Å². The second-order valence-electron chi connectivity index (χ2n) is 3.29. The number of furan rings is 1. The van der Waals surface area contributed by atoms with Crippen molar-refractivity contribution < 1.29 is 13.9 Å². The Labute approximate surface area is 89.8 Å². The number of hydrogen-bond acceptors (Lipinski definition) is 3. The molecule has 0 fully saturated rings. The third-order valence-electron chi connectivity index (χ3n) is 2.17. The van der Waals surface area contributed by atoms with Crippen molar-refractivity contribution >= 4 is 5.91 Å². The van der Waals surface area contributed by atoms with Gasteiger partial charge in [0.2, 0.25) is 5.91 Å². The van der Waals surface area contributed by atoms with Gasteiger partial charge in [-0.05, 0) is 6.07 Å². The Balaban J connectivity index is 2.52. The molecule has 0 radical (unpaired) electrons. The van der Waals surface area contributed by atoms with Crippen LogP contribution < -0.4 is 0 Å². The van der Waals surface area contributed by atoms with Gasteiger partial charge in [0.1, 0.15) is 0 Å². The van der Waals surface area contributed by atoms with E-state index in [1.54, 1.807) is 24.5 Å². The van der Waals surface area contributed by atoms with Gasteiger partial charge in [-0.3, -0.25) is 4.79 Å². The highest BCUT2D eigenvalue weighted by Crippen LogP contribution is 2.06. The number of amides is 1. The Morgan fingerprint density at radius 2 is 2.40 bits per heavy atom. The van der Waals surface area contributed by atoms with Crippen LogP contribution in [0, 0.1) is 0 Å². The number of nitrogens with zero attached hydrogens (tertiary/aromatic N) is 1. The van der Waals surface area contributed by atoms with Crippen LogP contribution in [-0.2, 0) is 16.1 Å². The molecule has 4 heteroatoms. The van der Waals surface area contributed by atoms with E-state index in [1.807, 2.05) is 13.0 Å². The average Bonchev–Trinajstić information content (AvgIpc) is 2.75. The predicted molar refractivity (Wildman–Crippen MR) is 56.3 cm³/mol. The first-order valence-electron chi connectivity index (χ1n) is 5.05. The Hall–Kier alpha value is -1.29. The van der Waals surface area contributed by atoms with E-state index in [4.69, 9.17) is 9.15 Å². The minimum Gasteiger partial charge on any atom is -0.472 e. The van der Waals surface area contributed by atoms with Crippen LogP contribution in [0.2, 0.25) is 0 Å². The lowest BCUT2D eigenvalue weighted by molar-refractivity contribution is -0.132. The maximum Gasteiger partial charge on any atom is 0.222 e. The molecule has 0 saturated carbocycles. The zero-order chi connectivity index (χ0) is 11.1. The van der Waals surface area contributed by atoms with Crippen molar-refractivity contribution in [3.63, 3.8) is 0 Å². The highest BCUT2D eigenvalue weighted by molar-refractivity contribution is 5.75. The first kappa shape index (κ1) is 11.8. The normalized spacial score (nSPS) is 10.3. The second-order valence-corrected chi connectivity index (χ2v) is 3.29. The molecular weight excluding hydrogens is 194 g/mol. The minimum absolute atomic E-state index is 0.133. The zero-order valence-corrected chi connectivity index (χ0v) is 9.23. The molecule has 0 N–H and O–H groups in total. The molecule has 0 bridgehead atoms. The van der Waals surface area contributed by atoms with Crippen molar-refractivity contribution in [2.75, 3.05) is 20.3 Å². The summed E-state index contributed by atoms with van der Waals surface area (Å²) < 4.78 is 9.93. The van der Waals surface area contributed by atoms with Gasteiger partial charge in [-0.15, -0.1) is 0 Å². The fourth-order valence-corrected chi connectivity index (χ4v) is 1.32. The summed E-state index contributed by atoms with van der Waals surface area (Å²) in [5, 5.41) is 0. The van der Waals surface area contributed by atoms with Crippen LogP contribution in [-0.4, -0.2) is 31.1 Å². The molecule has 1 rings (SSSR count). The predicted octanol–water partition coefficient (Wildman–Crippen LogP) is 1.66. The van der Waals surface area contributed by atoms with E-state index in [9.17, 15) is 4.79 Å². The van der Waals surface area contributed by atoms with Gasteiger partial charge in [-0.1, -0.05) is 6.92 Å². The monoisotopic (exact) mass is 211 g/mol. The van der Waals surface area contributed by atoms with Gasteiger partial charge in [0.25, 0.3) is 0 Å².